The number of halogens is 1. The van der Waals surface area contributed by atoms with Crippen LogP contribution in [0.1, 0.15) is 12.8 Å². The van der Waals surface area contributed by atoms with Crippen LogP contribution in [0.5, 0.6) is 5.75 Å². The van der Waals surface area contributed by atoms with Crippen molar-refractivity contribution in [2.75, 3.05) is 33.4 Å². The maximum Gasteiger partial charge on any atom is 0.244 e. The molecule has 0 aliphatic carbocycles. The fourth-order valence-electron chi connectivity index (χ4n) is 2.28. The number of rotatable bonds is 7. The zero-order chi connectivity index (χ0) is 16.0. The highest BCUT2D eigenvalue weighted by Crippen LogP contribution is 2.25. The van der Waals surface area contributed by atoms with E-state index in [0.29, 0.717) is 13.2 Å². The van der Waals surface area contributed by atoms with Gasteiger partial charge >= 0.3 is 0 Å². The lowest BCUT2D eigenvalue weighted by atomic mass is 10.1. The van der Waals surface area contributed by atoms with E-state index >= 15 is 0 Å². The number of sulfonamides is 1. The van der Waals surface area contributed by atoms with Gasteiger partial charge in [-0.15, -0.1) is 0 Å². The summed E-state index contributed by atoms with van der Waals surface area (Å²) in [6.45, 7) is 1.95. The second-order valence-electron chi connectivity index (χ2n) is 5.10. The molecule has 1 fully saturated rings. The van der Waals surface area contributed by atoms with Gasteiger partial charge in [0.2, 0.25) is 10.0 Å². The molecule has 0 bridgehead atoms. The molecule has 1 heterocycles. The molecule has 1 unspecified atom stereocenters. The van der Waals surface area contributed by atoms with Crippen LogP contribution >= 0.6 is 0 Å². The first-order valence-corrected chi connectivity index (χ1v) is 8.65. The monoisotopic (exact) mass is 332 g/mol. The summed E-state index contributed by atoms with van der Waals surface area (Å²) in [7, 11) is -2.33. The van der Waals surface area contributed by atoms with Crippen molar-refractivity contribution in [1.29, 1.82) is 0 Å². The van der Waals surface area contributed by atoms with Crippen LogP contribution in [0.15, 0.2) is 23.1 Å². The molecule has 0 amide bonds. The van der Waals surface area contributed by atoms with Gasteiger partial charge in [-0.1, -0.05) is 0 Å². The van der Waals surface area contributed by atoms with Gasteiger partial charge in [0.1, 0.15) is 23.1 Å². The zero-order valence-electron chi connectivity index (χ0n) is 12.5. The second kappa shape index (κ2) is 7.87. The molecule has 1 aromatic carbocycles. The van der Waals surface area contributed by atoms with Gasteiger partial charge in [-0.3, -0.25) is 0 Å². The molecule has 22 heavy (non-hydrogen) atoms. The Labute approximate surface area is 130 Å². The molecule has 1 aliphatic rings. The van der Waals surface area contributed by atoms with E-state index in [1.165, 1.54) is 19.2 Å². The first-order valence-electron chi connectivity index (χ1n) is 7.17. The Morgan fingerprint density at radius 3 is 2.91 bits per heavy atom. The highest BCUT2D eigenvalue weighted by molar-refractivity contribution is 7.89. The highest BCUT2D eigenvalue weighted by Gasteiger charge is 2.25. The van der Waals surface area contributed by atoms with Crippen molar-refractivity contribution >= 4 is 10.0 Å². The standard InChI is InChI=1S/C14H21FN2O4S/c1-20-7-8-21-13-5-4-11(15)9-14(13)22(18,19)17-12-3-2-6-16-10-12/h4-5,9,12,16-17H,2-3,6-8,10H2,1H3. The van der Waals surface area contributed by atoms with Crippen molar-refractivity contribution in [3.63, 3.8) is 0 Å². The van der Waals surface area contributed by atoms with Crippen molar-refractivity contribution in [2.45, 2.75) is 23.8 Å². The van der Waals surface area contributed by atoms with Crippen LogP contribution in [0.25, 0.3) is 0 Å². The van der Waals surface area contributed by atoms with E-state index in [0.717, 1.165) is 25.5 Å². The normalized spacial score (nSPS) is 19.1. The summed E-state index contributed by atoms with van der Waals surface area (Å²) in [6, 6.07) is 3.26. The highest BCUT2D eigenvalue weighted by atomic mass is 32.2. The van der Waals surface area contributed by atoms with Crippen LogP contribution in [-0.2, 0) is 14.8 Å². The molecular weight excluding hydrogens is 311 g/mol. The molecule has 1 aromatic rings. The quantitative estimate of drug-likeness (QED) is 0.725. The minimum atomic E-state index is -3.85. The molecule has 6 nitrogen and oxygen atoms in total. The average molecular weight is 332 g/mol. The lowest BCUT2D eigenvalue weighted by molar-refractivity contribution is 0.144. The van der Waals surface area contributed by atoms with Crippen molar-refractivity contribution < 1.29 is 22.3 Å². The van der Waals surface area contributed by atoms with Crippen LogP contribution in [0.3, 0.4) is 0 Å². The number of hydrogen-bond donors (Lipinski definition) is 2. The third-order valence-electron chi connectivity index (χ3n) is 3.36. The number of benzene rings is 1. The van der Waals surface area contributed by atoms with E-state index in [1.807, 2.05) is 0 Å². The number of hydrogen-bond acceptors (Lipinski definition) is 5. The molecule has 2 N–H and O–H groups in total. The molecule has 0 aromatic heterocycles. The van der Waals surface area contributed by atoms with Gasteiger partial charge in [-0.2, -0.15) is 0 Å². The number of ether oxygens (including phenoxy) is 2. The van der Waals surface area contributed by atoms with Gasteiger partial charge in [0.25, 0.3) is 0 Å². The van der Waals surface area contributed by atoms with Crippen molar-refractivity contribution in [3.05, 3.63) is 24.0 Å². The maximum atomic E-state index is 13.5. The van der Waals surface area contributed by atoms with E-state index < -0.39 is 15.8 Å². The van der Waals surface area contributed by atoms with Gasteiger partial charge in [0, 0.05) is 19.7 Å². The van der Waals surface area contributed by atoms with Crippen molar-refractivity contribution in [3.8, 4) is 5.75 Å². The smallest absolute Gasteiger partial charge is 0.244 e. The maximum absolute atomic E-state index is 13.5. The molecule has 0 spiro atoms. The number of methoxy groups -OCH3 is 1. The zero-order valence-corrected chi connectivity index (χ0v) is 13.3. The molecule has 1 saturated heterocycles. The molecule has 0 saturated carbocycles. The Hall–Kier alpha value is -1.22. The van der Waals surface area contributed by atoms with Crippen molar-refractivity contribution in [1.82, 2.24) is 10.0 Å². The Bertz CT molecular complexity index is 589. The van der Waals surface area contributed by atoms with Gasteiger partial charge in [0.05, 0.1) is 6.61 Å². The fraction of sp³-hybridized carbons (Fsp3) is 0.571. The van der Waals surface area contributed by atoms with Crippen LogP contribution in [0, 0.1) is 5.82 Å². The minimum Gasteiger partial charge on any atom is -0.490 e. The summed E-state index contributed by atoms with van der Waals surface area (Å²) in [6.07, 6.45) is 1.65. The molecule has 1 atom stereocenters. The summed E-state index contributed by atoms with van der Waals surface area (Å²) in [5.74, 6) is -0.504. The summed E-state index contributed by atoms with van der Waals surface area (Å²) >= 11 is 0. The third-order valence-corrected chi connectivity index (χ3v) is 4.90. The van der Waals surface area contributed by atoms with E-state index in [1.54, 1.807) is 0 Å². The summed E-state index contributed by atoms with van der Waals surface area (Å²) < 4.78 is 51.3. The van der Waals surface area contributed by atoms with E-state index in [-0.39, 0.29) is 23.3 Å². The van der Waals surface area contributed by atoms with Crippen molar-refractivity contribution in [2.24, 2.45) is 0 Å². The van der Waals surface area contributed by atoms with Gasteiger partial charge in [0.15, 0.2) is 0 Å². The predicted molar refractivity (Wildman–Crippen MR) is 80.0 cm³/mol. The van der Waals surface area contributed by atoms with E-state index in [4.69, 9.17) is 9.47 Å². The Morgan fingerprint density at radius 2 is 2.23 bits per heavy atom. The van der Waals surface area contributed by atoms with Gasteiger partial charge in [-0.05, 0) is 37.6 Å². The Kier molecular flexibility index (Phi) is 6.13. The summed E-state index contributed by atoms with van der Waals surface area (Å²) in [5, 5.41) is 3.13. The topological polar surface area (TPSA) is 76.7 Å². The molecule has 124 valence electrons. The first kappa shape index (κ1) is 17.1. The van der Waals surface area contributed by atoms with Gasteiger partial charge < -0.3 is 14.8 Å². The molecule has 0 radical (unpaired) electrons. The number of piperidine rings is 1. The first-order chi connectivity index (χ1) is 10.5. The Morgan fingerprint density at radius 1 is 1.41 bits per heavy atom. The van der Waals surface area contributed by atoms with Gasteiger partial charge in [-0.25, -0.2) is 17.5 Å². The van der Waals surface area contributed by atoms with Crippen LogP contribution in [-0.4, -0.2) is 47.9 Å². The summed E-state index contributed by atoms with van der Waals surface area (Å²) in [4.78, 5) is -0.186. The molecular formula is C14H21FN2O4S. The Balaban J connectivity index is 2.18. The minimum absolute atomic E-state index is 0.120. The largest absolute Gasteiger partial charge is 0.490 e. The molecule has 2 rings (SSSR count). The average Bonchev–Trinajstić information content (AvgIpc) is 2.49. The van der Waals surface area contributed by atoms with Crippen LogP contribution < -0.4 is 14.8 Å². The van der Waals surface area contributed by atoms with Crippen LogP contribution in [0.2, 0.25) is 0 Å². The van der Waals surface area contributed by atoms with Crippen LogP contribution in [0.4, 0.5) is 4.39 Å². The lowest BCUT2D eigenvalue weighted by Crippen LogP contribution is -2.45. The lowest BCUT2D eigenvalue weighted by Gasteiger charge is -2.24. The van der Waals surface area contributed by atoms with E-state index in [2.05, 4.69) is 10.0 Å². The second-order valence-corrected chi connectivity index (χ2v) is 6.78. The SMILES string of the molecule is COCCOc1ccc(F)cc1S(=O)(=O)NC1CCCNC1. The molecule has 8 heteroatoms. The predicted octanol–water partition coefficient (Wildman–Crippen LogP) is 0.881. The van der Waals surface area contributed by atoms with E-state index in [9.17, 15) is 12.8 Å². The summed E-state index contributed by atoms with van der Waals surface area (Å²) in [5.41, 5.74) is 0. The third kappa shape index (κ3) is 4.64. The fourth-order valence-corrected chi connectivity index (χ4v) is 3.71. The number of nitrogens with one attached hydrogen (secondary N) is 2. The molecule has 1 aliphatic heterocycles.